The summed E-state index contributed by atoms with van der Waals surface area (Å²) in [5.74, 6) is 0.121. The number of rotatable bonds is 5. The molecule has 1 aromatic heterocycles. The molecule has 0 radical (unpaired) electrons. The van der Waals surface area contributed by atoms with Crippen LogP contribution in [0.1, 0.15) is 41.0 Å². The summed E-state index contributed by atoms with van der Waals surface area (Å²) in [5, 5.41) is 5.34. The average molecular weight is 328 g/mol. The Morgan fingerprint density at radius 3 is 2.83 bits per heavy atom. The second-order valence-electron chi connectivity index (χ2n) is 6.27. The van der Waals surface area contributed by atoms with Gasteiger partial charge in [0.1, 0.15) is 0 Å². The Morgan fingerprint density at radius 1 is 1.30 bits per heavy atom. The van der Waals surface area contributed by atoms with E-state index < -0.39 is 0 Å². The third kappa shape index (κ3) is 4.01. The summed E-state index contributed by atoms with van der Waals surface area (Å²) < 4.78 is 0. The molecule has 4 heteroatoms. The number of aryl methyl sites for hydroxylation is 1. The van der Waals surface area contributed by atoms with Crippen LogP contribution in [0, 0.1) is 6.92 Å². The zero-order valence-corrected chi connectivity index (χ0v) is 14.7. The van der Waals surface area contributed by atoms with Crippen molar-refractivity contribution in [3.05, 3.63) is 57.3 Å². The van der Waals surface area contributed by atoms with Gasteiger partial charge in [0.25, 0.3) is 0 Å². The Hall–Kier alpha value is -1.65. The van der Waals surface area contributed by atoms with Crippen LogP contribution in [-0.2, 0) is 17.8 Å². The highest BCUT2D eigenvalue weighted by molar-refractivity contribution is 7.10. The molecule has 2 aromatic rings. The van der Waals surface area contributed by atoms with Crippen molar-refractivity contribution < 1.29 is 4.79 Å². The minimum Gasteiger partial charge on any atom is -0.348 e. The first kappa shape index (κ1) is 16.2. The summed E-state index contributed by atoms with van der Waals surface area (Å²) in [6.45, 7) is 6.55. The van der Waals surface area contributed by atoms with Crippen molar-refractivity contribution in [3.63, 3.8) is 0 Å². The normalized spacial score (nSPS) is 15.9. The average Bonchev–Trinajstić information content (AvgIpc) is 3.01. The van der Waals surface area contributed by atoms with E-state index >= 15 is 0 Å². The number of hydrogen-bond acceptors (Lipinski definition) is 3. The van der Waals surface area contributed by atoms with Gasteiger partial charge in [-0.15, -0.1) is 11.3 Å². The van der Waals surface area contributed by atoms with E-state index in [9.17, 15) is 4.79 Å². The summed E-state index contributed by atoms with van der Waals surface area (Å²) >= 11 is 1.83. The van der Waals surface area contributed by atoms with Crippen molar-refractivity contribution in [3.8, 4) is 0 Å². The maximum Gasteiger partial charge on any atom is 0.234 e. The fourth-order valence-electron chi connectivity index (χ4n) is 3.10. The number of thiophene rings is 1. The lowest BCUT2D eigenvalue weighted by Crippen LogP contribution is -2.40. The molecule has 2 heterocycles. The van der Waals surface area contributed by atoms with Crippen molar-refractivity contribution in [1.29, 1.82) is 0 Å². The van der Waals surface area contributed by atoms with Gasteiger partial charge in [-0.2, -0.15) is 0 Å². The van der Waals surface area contributed by atoms with E-state index in [4.69, 9.17) is 0 Å². The third-order valence-corrected chi connectivity index (χ3v) is 5.50. The van der Waals surface area contributed by atoms with E-state index in [0.717, 1.165) is 25.9 Å². The maximum absolute atomic E-state index is 12.4. The lowest BCUT2D eigenvalue weighted by Gasteiger charge is -2.27. The lowest BCUT2D eigenvalue weighted by atomic mass is 10.0. The van der Waals surface area contributed by atoms with E-state index in [2.05, 4.69) is 59.8 Å². The predicted molar refractivity (Wildman–Crippen MR) is 95.7 cm³/mol. The number of nitrogens with zero attached hydrogens (tertiary/aromatic N) is 1. The summed E-state index contributed by atoms with van der Waals surface area (Å²) in [6, 6.07) is 10.7. The molecule has 0 bridgehead atoms. The predicted octanol–water partition coefficient (Wildman–Crippen LogP) is 3.68. The lowest BCUT2D eigenvalue weighted by molar-refractivity contribution is -0.123. The van der Waals surface area contributed by atoms with Gasteiger partial charge >= 0.3 is 0 Å². The first-order chi connectivity index (χ1) is 11.2. The van der Waals surface area contributed by atoms with Gasteiger partial charge in [0.05, 0.1) is 12.6 Å². The standard InChI is InChI=1S/C19H24N2OS/c1-3-17(15-6-4-14(2)5-7-15)20-19(22)13-21-10-8-18-16(12-21)9-11-23-18/h4-7,9,11,17H,3,8,10,12-13H2,1-2H3,(H,20,22)/t17-/m1/s1. The van der Waals surface area contributed by atoms with E-state index in [-0.39, 0.29) is 11.9 Å². The SMILES string of the molecule is CC[C@@H](NC(=O)CN1CCc2sccc2C1)c1ccc(C)cc1. The molecular weight excluding hydrogens is 304 g/mol. The third-order valence-electron chi connectivity index (χ3n) is 4.48. The molecule has 1 N–H and O–H groups in total. The van der Waals surface area contributed by atoms with Crippen molar-refractivity contribution in [2.45, 2.75) is 39.3 Å². The number of carbonyl (C=O) groups is 1. The molecule has 3 nitrogen and oxygen atoms in total. The first-order valence-electron chi connectivity index (χ1n) is 8.29. The Labute approximate surface area is 142 Å². The van der Waals surface area contributed by atoms with Crippen LogP contribution in [0.5, 0.6) is 0 Å². The van der Waals surface area contributed by atoms with Crippen molar-refractivity contribution in [2.24, 2.45) is 0 Å². The van der Waals surface area contributed by atoms with Gasteiger partial charge in [-0.3, -0.25) is 9.69 Å². The smallest absolute Gasteiger partial charge is 0.234 e. The second kappa shape index (κ2) is 7.28. The number of amides is 1. The van der Waals surface area contributed by atoms with E-state index in [1.54, 1.807) is 0 Å². The van der Waals surface area contributed by atoms with Crippen molar-refractivity contribution in [2.75, 3.05) is 13.1 Å². The number of hydrogen-bond donors (Lipinski definition) is 1. The topological polar surface area (TPSA) is 32.3 Å². The van der Waals surface area contributed by atoms with Crippen LogP contribution in [0.3, 0.4) is 0 Å². The second-order valence-corrected chi connectivity index (χ2v) is 7.27. The van der Waals surface area contributed by atoms with E-state index in [1.807, 2.05) is 11.3 Å². The molecule has 0 saturated carbocycles. The van der Waals surface area contributed by atoms with Gasteiger partial charge < -0.3 is 5.32 Å². The van der Waals surface area contributed by atoms with E-state index in [1.165, 1.54) is 21.6 Å². The monoisotopic (exact) mass is 328 g/mol. The number of benzene rings is 1. The number of nitrogens with one attached hydrogen (secondary N) is 1. The first-order valence-corrected chi connectivity index (χ1v) is 9.17. The molecule has 1 aliphatic heterocycles. The zero-order chi connectivity index (χ0) is 16.2. The Bertz CT molecular complexity index is 662. The Balaban J connectivity index is 1.57. The Morgan fingerprint density at radius 2 is 2.09 bits per heavy atom. The molecule has 0 aliphatic carbocycles. The summed E-state index contributed by atoms with van der Waals surface area (Å²) in [4.78, 5) is 16.1. The minimum atomic E-state index is 0.101. The number of fused-ring (bicyclic) bond motifs is 1. The molecule has 1 atom stereocenters. The molecule has 23 heavy (non-hydrogen) atoms. The minimum absolute atomic E-state index is 0.101. The molecule has 1 aliphatic rings. The van der Waals surface area contributed by atoms with Crippen LogP contribution >= 0.6 is 11.3 Å². The molecule has 0 fully saturated rings. The molecule has 122 valence electrons. The zero-order valence-electron chi connectivity index (χ0n) is 13.8. The fraction of sp³-hybridized carbons (Fsp3) is 0.421. The van der Waals surface area contributed by atoms with E-state index in [0.29, 0.717) is 6.54 Å². The van der Waals surface area contributed by atoms with Gasteiger partial charge in [0, 0.05) is 18.0 Å². The van der Waals surface area contributed by atoms with Crippen molar-refractivity contribution in [1.82, 2.24) is 10.2 Å². The highest BCUT2D eigenvalue weighted by Gasteiger charge is 2.20. The summed E-state index contributed by atoms with van der Waals surface area (Å²) in [6.07, 6.45) is 1.97. The molecule has 0 spiro atoms. The largest absolute Gasteiger partial charge is 0.348 e. The van der Waals surface area contributed by atoms with Crippen LogP contribution < -0.4 is 5.32 Å². The molecule has 3 rings (SSSR count). The van der Waals surface area contributed by atoms with Crippen LogP contribution in [0.4, 0.5) is 0 Å². The summed E-state index contributed by atoms with van der Waals surface area (Å²) in [5.41, 5.74) is 3.82. The van der Waals surface area contributed by atoms with Gasteiger partial charge in [0.15, 0.2) is 0 Å². The van der Waals surface area contributed by atoms with Gasteiger partial charge in [-0.25, -0.2) is 0 Å². The Kier molecular flexibility index (Phi) is 5.13. The van der Waals surface area contributed by atoms with Crippen molar-refractivity contribution >= 4 is 17.2 Å². The number of carbonyl (C=O) groups excluding carboxylic acids is 1. The fourth-order valence-corrected chi connectivity index (χ4v) is 3.99. The van der Waals surface area contributed by atoms with Gasteiger partial charge in [-0.1, -0.05) is 36.8 Å². The maximum atomic E-state index is 12.4. The van der Waals surface area contributed by atoms with Crippen LogP contribution in [0.15, 0.2) is 35.7 Å². The van der Waals surface area contributed by atoms with Crippen LogP contribution in [0.2, 0.25) is 0 Å². The molecular formula is C19H24N2OS. The highest BCUT2D eigenvalue weighted by atomic mass is 32.1. The molecule has 1 amide bonds. The van der Waals surface area contributed by atoms with Crippen LogP contribution in [0.25, 0.3) is 0 Å². The van der Waals surface area contributed by atoms with Gasteiger partial charge in [-0.05, 0) is 42.3 Å². The van der Waals surface area contributed by atoms with Crippen LogP contribution in [-0.4, -0.2) is 23.9 Å². The quantitative estimate of drug-likeness (QED) is 0.908. The molecule has 0 unspecified atom stereocenters. The van der Waals surface area contributed by atoms with Gasteiger partial charge in [0.2, 0.25) is 5.91 Å². The highest BCUT2D eigenvalue weighted by Crippen LogP contribution is 2.24. The summed E-state index contributed by atoms with van der Waals surface area (Å²) in [7, 11) is 0. The molecule has 1 aromatic carbocycles. The molecule has 0 saturated heterocycles.